The Morgan fingerprint density at radius 1 is 1.18 bits per heavy atom. The summed E-state index contributed by atoms with van der Waals surface area (Å²) >= 11 is 0. The van der Waals surface area contributed by atoms with Gasteiger partial charge < -0.3 is 15.0 Å². The SMILES string of the molecule is CC(=O)c1nnc(Nc2nc(N3CCC(F)CC3)ncc2F)cc1-c1ccc(OC(F)F)cc1. The predicted octanol–water partition coefficient (Wildman–Crippen LogP) is 4.56. The maximum absolute atomic E-state index is 14.4. The second-order valence-corrected chi connectivity index (χ2v) is 7.60. The first-order chi connectivity index (χ1) is 16.3. The topological polar surface area (TPSA) is 93.1 Å². The number of ketones is 1. The Hall–Kier alpha value is -3.83. The molecule has 0 bridgehead atoms. The van der Waals surface area contributed by atoms with Gasteiger partial charge in [0.2, 0.25) is 5.95 Å². The van der Waals surface area contributed by atoms with Crippen molar-refractivity contribution >= 4 is 23.4 Å². The van der Waals surface area contributed by atoms with Crippen LogP contribution in [0.3, 0.4) is 0 Å². The number of carbonyl (C=O) groups excluding carboxylic acids is 1. The van der Waals surface area contributed by atoms with Crippen molar-refractivity contribution in [2.24, 2.45) is 0 Å². The van der Waals surface area contributed by atoms with Gasteiger partial charge in [-0.1, -0.05) is 12.1 Å². The number of alkyl halides is 3. The van der Waals surface area contributed by atoms with Gasteiger partial charge in [-0.3, -0.25) is 4.79 Å². The van der Waals surface area contributed by atoms with Crippen molar-refractivity contribution in [3.63, 3.8) is 0 Å². The molecular weight excluding hydrogens is 456 g/mol. The number of piperidine rings is 1. The summed E-state index contributed by atoms with van der Waals surface area (Å²) in [6, 6.07) is 7.11. The molecule has 4 rings (SSSR count). The lowest BCUT2D eigenvalue weighted by atomic mass is 10.0. The fraction of sp³-hybridized carbons (Fsp3) is 0.318. The molecule has 1 aliphatic rings. The number of nitrogens with zero attached hydrogens (tertiary/aromatic N) is 5. The highest BCUT2D eigenvalue weighted by Gasteiger charge is 2.22. The molecule has 1 aromatic carbocycles. The van der Waals surface area contributed by atoms with E-state index in [4.69, 9.17) is 0 Å². The summed E-state index contributed by atoms with van der Waals surface area (Å²) in [5.41, 5.74) is 0.891. The summed E-state index contributed by atoms with van der Waals surface area (Å²) in [5, 5.41) is 10.6. The van der Waals surface area contributed by atoms with E-state index in [0.717, 1.165) is 6.20 Å². The van der Waals surface area contributed by atoms with Crippen LogP contribution in [-0.2, 0) is 0 Å². The summed E-state index contributed by atoms with van der Waals surface area (Å²) in [6.45, 7) is -0.830. The van der Waals surface area contributed by atoms with Crippen LogP contribution < -0.4 is 15.0 Å². The maximum Gasteiger partial charge on any atom is 0.387 e. The first-order valence-corrected chi connectivity index (χ1v) is 10.4. The molecule has 2 aromatic heterocycles. The van der Waals surface area contributed by atoms with E-state index in [-0.39, 0.29) is 34.8 Å². The van der Waals surface area contributed by atoms with Crippen LogP contribution in [0.2, 0.25) is 0 Å². The molecule has 0 amide bonds. The first-order valence-electron chi connectivity index (χ1n) is 10.4. The van der Waals surface area contributed by atoms with E-state index in [0.29, 0.717) is 37.1 Å². The average molecular weight is 476 g/mol. The zero-order valence-corrected chi connectivity index (χ0v) is 18.0. The Balaban J connectivity index is 1.62. The van der Waals surface area contributed by atoms with Gasteiger partial charge in [0.05, 0.1) is 6.20 Å². The monoisotopic (exact) mass is 476 g/mol. The molecule has 1 saturated heterocycles. The van der Waals surface area contributed by atoms with Crippen molar-refractivity contribution < 1.29 is 27.1 Å². The highest BCUT2D eigenvalue weighted by Crippen LogP contribution is 2.29. The lowest BCUT2D eigenvalue weighted by Gasteiger charge is -2.28. The molecule has 0 spiro atoms. The molecule has 178 valence electrons. The van der Waals surface area contributed by atoms with Crippen LogP contribution in [-0.4, -0.2) is 51.8 Å². The number of halogens is 4. The Labute approximate surface area is 192 Å². The van der Waals surface area contributed by atoms with Crippen LogP contribution in [0.15, 0.2) is 36.5 Å². The van der Waals surface area contributed by atoms with E-state index in [9.17, 15) is 22.4 Å². The molecule has 1 aliphatic heterocycles. The second-order valence-electron chi connectivity index (χ2n) is 7.60. The largest absolute Gasteiger partial charge is 0.435 e. The first kappa shape index (κ1) is 23.3. The number of hydrogen-bond acceptors (Lipinski definition) is 8. The van der Waals surface area contributed by atoms with Gasteiger partial charge in [-0.2, -0.15) is 13.8 Å². The number of rotatable bonds is 7. The zero-order chi connectivity index (χ0) is 24.2. The van der Waals surface area contributed by atoms with Gasteiger partial charge in [-0.05, 0) is 36.6 Å². The summed E-state index contributed by atoms with van der Waals surface area (Å²) < 4.78 is 57.0. The van der Waals surface area contributed by atoms with Gasteiger partial charge in [-0.15, -0.1) is 10.2 Å². The summed E-state index contributed by atoms with van der Waals surface area (Å²) in [7, 11) is 0. The van der Waals surface area contributed by atoms with Crippen molar-refractivity contribution in [1.82, 2.24) is 20.2 Å². The lowest BCUT2D eigenvalue weighted by molar-refractivity contribution is -0.0498. The number of carbonyl (C=O) groups is 1. The molecule has 0 radical (unpaired) electrons. The third kappa shape index (κ3) is 5.38. The van der Waals surface area contributed by atoms with Gasteiger partial charge >= 0.3 is 6.61 Å². The van der Waals surface area contributed by atoms with Crippen molar-refractivity contribution in [2.45, 2.75) is 32.5 Å². The van der Waals surface area contributed by atoms with Crippen LogP contribution in [0.25, 0.3) is 11.1 Å². The second kappa shape index (κ2) is 9.98. The molecule has 34 heavy (non-hydrogen) atoms. The molecule has 8 nitrogen and oxygen atoms in total. The van der Waals surface area contributed by atoms with Gasteiger partial charge in [-0.25, -0.2) is 13.8 Å². The molecule has 0 unspecified atom stereocenters. The maximum atomic E-state index is 14.4. The van der Waals surface area contributed by atoms with Crippen molar-refractivity contribution in [2.75, 3.05) is 23.3 Å². The van der Waals surface area contributed by atoms with E-state index < -0.39 is 18.6 Å². The third-order valence-electron chi connectivity index (χ3n) is 5.20. The Bertz CT molecular complexity index is 1170. The fourth-order valence-electron chi connectivity index (χ4n) is 3.52. The van der Waals surface area contributed by atoms with E-state index in [1.54, 1.807) is 4.90 Å². The molecular formula is C22H20F4N6O2. The summed E-state index contributed by atoms with van der Waals surface area (Å²) in [4.78, 5) is 22.0. The zero-order valence-electron chi connectivity index (χ0n) is 18.0. The van der Waals surface area contributed by atoms with Gasteiger partial charge in [0.15, 0.2) is 23.2 Å². The number of benzene rings is 1. The van der Waals surface area contributed by atoms with Crippen LogP contribution in [0.4, 0.5) is 35.1 Å². The number of aromatic nitrogens is 4. The number of Topliss-reactive ketones (excluding diaryl/α,β-unsaturated/α-hetero) is 1. The van der Waals surface area contributed by atoms with Crippen LogP contribution in [0, 0.1) is 5.82 Å². The van der Waals surface area contributed by atoms with E-state index in [1.165, 1.54) is 37.3 Å². The van der Waals surface area contributed by atoms with Crippen LogP contribution >= 0.6 is 0 Å². The van der Waals surface area contributed by atoms with E-state index in [1.807, 2.05) is 0 Å². The Morgan fingerprint density at radius 2 is 1.88 bits per heavy atom. The molecule has 0 saturated carbocycles. The van der Waals surface area contributed by atoms with Gasteiger partial charge in [0, 0.05) is 25.6 Å². The van der Waals surface area contributed by atoms with Gasteiger partial charge in [0.1, 0.15) is 17.6 Å². The molecule has 0 atom stereocenters. The highest BCUT2D eigenvalue weighted by molar-refractivity contribution is 5.99. The van der Waals surface area contributed by atoms with E-state index >= 15 is 0 Å². The van der Waals surface area contributed by atoms with Crippen molar-refractivity contribution in [1.29, 1.82) is 0 Å². The van der Waals surface area contributed by atoms with Crippen LogP contribution in [0.5, 0.6) is 5.75 Å². The smallest absolute Gasteiger partial charge is 0.387 e. The molecule has 12 heteroatoms. The average Bonchev–Trinajstić information content (AvgIpc) is 2.81. The Morgan fingerprint density at radius 3 is 2.53 bits per heavy atom. The number of nitrogens with one attached hydrogen (secondary N) is 1. The molecule has 3 aromatic rings. The molecule has 3 heterocycles. The lowest BCUT2D eigenvalue weighted by Crippen LogP contribution is -2.35. The highest BCUT2D eigenvalue weighted by atomic mass is 19.3. The normalized spacial score (nSPS) is 14.4. The molecule has 1 fully saturated rings. The minimum atomic E-state index is -2.96. The Kier molecular flexibility index (Phi) is 6.85. The number of anilines is 3. The number of ether oxygens (including phenoxy) is 1. The van der Waals surface area contributed by atoms with Gasteiger partial charge in [0.25, 0.3) is 0 Å². The summed E-state index contributed by atoms with van der Waals surface area (Å²) in [5.74, 6) is -0.969. The van der Waals surface area contributed by atoms with Crippen molar-refractivity contribution in [3.05, 3.63) is 48.0 Å². The minimum absolute atomic E-state index is 0.0455. The van der Waals surface area contributed by atoms with E-state index in [2.05, 4.69) is 30.2 Å². The minimum Gasteiger partial charge on any atom is -0.435 e. The van der Waals surface area contributed by atoms with Crippen LogP contribution in [0.1, 0.15) is 30.3 Å². The standard InChI is InChI=1S/C22H20F4N6O2/c1-12(33)19-16(13-2-4-15(5-3-13)34-21(25)26)10-18(30-31-19)28-20-17(24)11-27-22(29-20)32-8-6-14(23)7-9-32/h2-5,10-11,14,21H,6-9H2,1H3,(H,27,28,29,30). The molecule has 1 N–H and O–H groups in total. The fourth-order valence-corrected chi connectivity index (χ4v) is 3.52. The third-order valence-corrected chi connectivity index (χ3v) is 5.20. The predicted molar refractivity (Wildman–Crippen MR) is 116 cm³/mol. The summed E-state index contributed by atoms with van der Waals surface area (Å²) in [6.07, 6.45) is 0.809. The number of hydrogen-bond donors (Lipinski definition) is 1. The molecule has 0 aliphatic carbocycles. The quantitative estimate of drug-likeness (QED) is 0.392. The van der Waals surface area contributed by atoms with Crippen molar-refractivity contribution in [3.8, 4) is 16.9 Å².